The topological polar surface area (TPSA) is 35.6 Å². The Bertz CT molecular complexity index is 706. The Balaban J connectivity index is 1.80. The van der Waals surface area contributed by atoms with Crippen LogP contribution >= 0.6 is 0 Å². The van der Waals surface area contributed by atoms with E-state index in [0.29, 0.717) is 0 Å². The predicted molar refractivity (Wildman–Crippen MR) is 109 cm³/mol. The van der Waals surface area contributed by atoms with E-state index in [2.05, 4.69) is 41.1 Å². The fraction of sp³-hybridized carbons (Fsp3) is 0.409. The molecule has 1 heterocycles. The second kappa shape index (κ2) is 8.86. The van der Waals surface area contributed by atoms with Gasteiger partial charge in [-0.15, -0.1) is 0 Å². The summed E-state index contributed by atoms with van der Waals surface area (Å²) in [7, 11) is 0. The average molecular weight is 351 g/mol. The van der Waals surface area contributed by atoms with Gasteiger partial charge in [-0.05, 0) is 49.7 Å². The molecule has 1 amide bonds. The molecule has 4 heteroatoms. The molecule has 2 aromatic carbocycles. The maximum Gasteiger partial charge on any atom is 0.246 e. The molecule has 0 bridgehead atoms. The molecule has 0 radical (unpaired) electrons. The van der Waals surface area contributed by atoms with Crippen LogP contribution in [0.1, 0.15) is 38.3 Å². The van der Waals surface area contributed by atoms with Crippen molar-refractivity contribution in [1.82, 2.24) is 4.90 Å². The number of benzene rings is 2. The first kappa shape index (κ1) is 18.5. The van der Waals surface area contributed by atoms with Gasteiger partial charge in [0.15, 0.2) is 0 Å². The Morgan fingerprint density at radius 1 is 1.04 bits per heavy atom. The van der Waals surface area contributed by atoms with Gasteiger partial charge >= 0.3 is 0 Å². The SMILES string of the molecule is CCN(CC)C(C(=O)Nc1cccc(N2CCCC2)c1)c1ccccc1. The fourth-order valence-corrected chi connectivity index (χ4v) is 3.72. The largest absolute Gasteiger partial charge is 0.371 e. The Morgan fingerprint density at radius 2 is 1.73 bits per heavy atom. The first-order valence-electron chi connectivity index (χ1n) is 9.67. The number of rotatable bonds is 7. The van der Waals surface area contributed by atoms with Crippen LogP contribution in [0.4, 0.5) is 11.4 Å². The van der Waals surface area contributed by atoms with Crippen LogP contribution in [0.2, 0.25) is 0 Å². The van der Waals surface area contributed by atoms with Crippen molar-refractivity contribution >= 4 is 17.3 Å². The summed E-state index contributed by atoms with van der Waals surface area (Å²) in [6, 6.07) is 18.0. The monoisotopic (exact) mass is 351 g/mol. The van der Waals surface area contributed by atoms with E-state index in [0.717, 1.165) is 37.4 Å². The van der Waals surface area contributed by atoms with Crippen molar-refractivity contribution in [3.63, 3.8) is 0 Å². The van der Waals surface area contributed by atoms with Crippen molar-refractivity contribution in [2.75, 3.05) is 36.4 Å². The standard InChI is InChI=1S/C22H29N3O/c1-3-24(4-2)21(18-11-6-5-7-12-18)22(26)23-19-13-10-14-20(17-19)25-15-8-9-16-25/h5-7,10-14,17,21H,3-4,8-9,15-16H2,1-2H3,(H,23,26). The van der Waals surface area contributed by atoms with E-state index in [9.17, 15) is 4.79 Å². The molecule has 1 aliphatic rings. The zero-order valence-electron chi connectivity index (χ0n) is 15.8. The lowest BCUT2D eigenvalue weighted by Gasteiger charge is -2.29. The third kappa shape index (κ3) is 4.25. The summed E-state index contributed by atoms with van der Waals surface area (Å²) >= 11 is 0. The maximum atomic E-state index is 13.1. The van der Waals surface area contributed by atoms with Crippen LogP contribution in [-0.4, -0.2) is 37.0 Å². The summed E-state index contributed by atoms with van der Waals surface area (Å²) in [6.07, 6.45) is 2.49. The first-order valence-corrected chi connectivity index (χ1v) is 9.67. The highest BCUT2D eigenvalue weighted by atomic mass is 16.2. The van der Waals surface area contributed by atoms with Gasteiger partial charge in [-0.2, -0.15) is 0 Å². The molecule has 0 aliphatic carbocycles. The second-order valence-corrected chi connectivity index (χ2v) is 6.77. The van der Waals surface area contributed by atoms with Gasteiger partial charge in [0.05, 0.1) is 0 Å². The highest BCUT2D eigenvalue weighted by Crippen LogP contribution is 2.26. The Hall–Kier alpha value is -2.33. The van der Waals surface area contributed by atoms with Gasteiger partial charge in [0.1, 0.15) is 6.04 Å². The first-order chi connectivity index (χ1) is 12.7. The number of carbonyl (C=O) groups excluding carboxylic acids is 1. The van der Waals surface area contributed by atoms with Gasteiger partial charge in [0, 0.05) is 24.5 Å². The number of likely N-dealkylation sites (N-methyl/N-ethyl adjacent to an activating group) is 1. The molecule has 1 saturated heterocycles. The molecule has 1 N–H and O–H groups in total. The molecule has 1 atom stereocenters. The minimum absolute atomic E-state index is 0.0264. The van der Waals surface area contributed by atoms with Gasteiger partial charge in [-0.25, -0.2) is 0 Å². The van der Waals surface area contributed by atoms with Crippen LogP contribution in [0.25, 0.3) is 0 Å². The third-order valence-corrected chi connectivity index (χ3v) is 5.13. The van der Waals surface area contributed by atoms with Crippen LogP contribution in [0, 0.1) is 0 Å². The van der Waals surface area contributed by atoms with Crippen molar-refractivity contribution in [1.29, 1.82) is 0 Å². The summed E-state index contributed by atoms with van der Waals surface area (Å²) in [6.45, 7) is 8.06. The molecule has 3 rings (SSSR count). The normalized spacial score (nSPS) is 15.3. The van der Waals surface area contributed by atoms with Crippen molar-refractivity contribution in [3.05, 3.63) is 60.2 Å². The number of nitrogens with one attached hydrogen (secondary N) is 1. The lowest BCUT2D eigenvalue weighted by Crippen LogP contribution is -2.37. The van der Waals surface area contributed by atoms with E-state index < -0.39 is 0 Å². The summed E-state index contributed by atoms with van der Waals surface area (Å²) in [5, 5.41) is 3.15. The summed E-state index contributed by atoms with van der Waals surface area (Å²) < 4.78 is 0. The van der Waals surface area contributed by atoms with Crippen molar-refractivity contribution in [3.8, 4) is 0 Å². The van der Waals surface area contributed by atoms with Crippen LogP contribution in [0.5, 0.6) is 0 Å². The molecule has 138 valence electrons. The zero-order chi connectivity index (χ0) is 18.4. The van der Waals surface area contributed by atoms with Crippen molar-refractivity contribution in [2.45, 2.75) is 32.7 Å². The molecule has 26 heavy (non-hydrogen) atoms. The van der Waals surface area contributed by atoms with Gasteiger partial charge in [0.25, 0.3) is 0 Å². The number of hydrogen-bond donors (Lipinski definition) is 1. The van der Waals surface area contributed by atoms with Gasteiger partial charge in [-0.3, -0.25) is 9.69 Å². The number of hydrogen-bond acceptors (Lipinski definition) is 3. The Labute approximate surface area is 156 Å². The highest BCUT2D eigenvalue weighted by molar-refractivity contribution is 5.96. The molecular formula is C22H29N3O. The summed E-state index contributed by atoms with van der Waals surface area (Å²) in [5.41, 5.74) is 3.09. The Morgan fingerprint density at radius 3 is 2.38 bits per heavy atom. The quantitative estimate of drug-likeness (QED) is 0.807. The number of carbonyl (C=O) groups is 1. The minimum atomic E-state index is -0.276. The maximum absolute atomic E-state index is 13.1. The van der Waals surface area contributed by atoms with Gasteiger partial charge < -0.3 is 10.2 Å². The fourth-order valence-electron chi connectivity index (χ4n) is 3.72. The van der Waals surface area contributed by atoms with Crippen molar-refractivity contribution < 1.29 is 4.79 Å². The second-order valence-electron chi connectivity index (χ2n) is 6.77. The van der Waals surface area contributed by atoms with Crippen LogP contribution in [0.3, 0.4) is 0 Å². The highest BCUT2D eigenvalue weighted by Gasteiger charge is 2.26. The van der Waals surface area contributed by atoms with E-state index in [1.165, 1.54) is 18.5 Å². The van der Waals surface area contributed by atoms with E-state index >= 15 is 0 Å². The molecule has 1 unspecified atom stereocenters. The molecule has 4 nitrogen and oxygen atoms in total. The molecule has 0 saturated carbocycles. The summed E-state index contributed by atoms with van der Waals surface area (Å²) in [4.78, 5) is 17.7. The van der Waals surface area contributed by atoms with Crippen LogP contribution in [-0.2, 0) is 4.79 Å². The molecule has 1 aliphatic heterocycles. The molecule has 0 spiro atoms. The number of nitrogens with zero attached hydrogens (tertiary/aromatic N) is 2. The van der Waals surface area contributed by atoms with E-state index in [4.69, 9.17) is 0 Å². The Kier molecular flexibility index (Phi) is 6.29. The van der Waals surface area contributed by atoms with Gasteiger partial charge in [0.2, 0.25) is 5.91 Å². The lowest BCUT2D eigenvalue weighted by atomic mass is 10.0. The minimum Gasteiger partial charge on any atom is -0.371 e. The van der Waals surface area contributed by atoms with Crippen molar-refractivity contribution in [2.24, 2.45) is 0 Å². The number of anilines is 2. The molecular weight excluding hydrogens is 322 g/mol. The van der Waals surface area contributed by atoms with Crippen LogP contribution < -0.4 is 10.2 Å². The van der Waals surface area contributed by atoms with Crippen LogP contribution in [0.15, 0.2) is 54.6 Å². The lowest BCUT2D eigenvalue weighted by molar-refractivity contribution is -0.121. The molecule has 0 aromatic heterocycles. The smallest absolute Gasteiger partial charge is 0.246 e. The third-order valence-electron chi connectivity index (χ3n) is 5.13. The number of amides is 1. The molecule has 1 fully saturated rings. The average Bonchev–Trinajstić information content (AvgIpc) is 3.21. The van der Waals surface area contributed by atoms with E-state index in [-0.39, 0.29) is 11.9 Å². The van der Waals surface area contributed by atoms with Gasteiger partial charge in [-0.1, -0.05) is 50.2 Å². The predicted octanol–water partition coefficient (Wildman–Crippen LogP) is 4.31. The zero-order valence-corrected chi connectivity index (χ0v) is 15.8. The van der Waals surface area contributed by atoms with E-state index in [1.807, 2.05) is 42.5 Å². The summed E-state index contributed by atoms with van der Waals surface area (Å²) in [5.74, 6) is 0.0264. The van der Waals surface area contributed by atoms with E-state index in [1.54, 1.807) is 0 Å². The molecule has 2 aromatic rings.